The van der Waals surface area contributed by atoms with Crippen LogP contribution in [0, 0.1) is 5.92 Å². The Hall–Kier alpha value is -2.41. The largest absolute Gasteiger partial charge is 0.328 e. The predicted octanol–water partition coefficient (Wildman–Crippen LogP) is 3.71. The number of amides is 2. The third-order valence-electron chi connectivity index (χ3n) is 5.11. The molecule has 1 aromatic carbocycles. The Morgan fingerprint density at radius 3 is 2.68 bits per heavy atom. The van der Waals surface area contributed by atoms with Gasteiger partial charge in [0.05, 0.1) is 6.04 Å². The Morgan fingerprint density at radius 1 is 1.21 bits per heavy atom. The summed E-state index contributed by atoms with van der Waals surface area (Å²) in [6.45, 7) is 7.52. The number of anilines is 1. The van der Waals surface area contributed by atoms with Crippen LogP contribution in [0.25, 0.3) is 0 Å². The van der Waals surface area contributed by atoms with Gasteiger partial charge in [0.2, 0.25) is 0 Å². The molecule has 2 amide bonds. The molecule has 2 heterocycles. The van der Waals surface area contributed by atoms with E-state index in [4.69, 9.17) is 0 Å². The topological polar surface area (TPSA) is 75.1 Å². The number of aryl methyl sites for hydroxylation is 1. The van der Waals surface area contributed by atoms with Crippen LogP contribution in [0.1, 0.15) is 57.0 Å². The quantitative estimate of drug-likeness (QED) is 0.763. The first-order valence-corrected chi connectivity index (χ1v) is 10.2. The smallest absolute Gasteiger partial charge is 0.319 e. The number of benzene rings is 1. The highest BCUT2D eigenvalue weighted by molar-refractivity contribution is 5.89. The number of carbonyl (C=O) groups excluding carboxylic acids is 1. The number of hydrogen-bond acceptors (Lipinski definition) is 4. The Kier molecular flexibility index (Phi) is 7.03. The van der Waals surface area contributed by atoms with Crippen LogP contribution in [0.5, 0.6) is 0 Å². The minimum Gasteiger partial charge on any atom is -0.328 e. The van der Waals surface area contributed by atoms with E-state index in [0.717, 1.165) is 37.6 Å². The van der Waals surface area contributed by atoms with Crippen molar-refractivity contribution < 1.29 is 4.79 Å². The van der Waals surface area contributed by atoms with Gasteiger partial charge in [-0.1, -0.05) is 32.4 Å². The average Bonchev–Trinajstić information content (AvgIpc) is 3.08. The molecule has 0 spiro atoms. The maximum atomic E-state index is 12.6. The van der Waals surface area contributed by atoms with Crippen molar-refractivity contribution in [2.45, 2.75) is 52.1 Å². The van der Waals surface area contributed by atoms with E-state index in [-0.39, 0.29) is 12.1 Å². The fourth-order valence-electron chi connectivity index (χ4n) is 3.77. The fourth-order valence-corrected chi connectivity index (χ4v) is 3.77. The van der Waals surface area contributed by atoms with Crippen molar-refractivity contribution in [2.24, 2.45) is 13.0 Å². The molecule has 1 saturated heterocycles. The Balaban J connectivity index is 1.61. The molecule has 1 aliphatic heterocycles. The summed E-state index contributed by atoms with van der Waals surface area (Å²) in [5.74, 6) is 1.19. The summed E-state index contributed by atoms with van der Waals surface area (Å²) in [5, 5.41) is 10.2. The number of rotatable bonds is 7. The van der Waals surface area contributed by atoms with E-state index in [1.807, 2.05) is 19.2 Å². The molecule has 7 nitrogen and oxygen atoms in total. The SMILES string of the molecule is CC(C)C[C@H](NC(=O)Nc1cccc(CN2CCCCC2)c1)c1ncnn1C. The third kappa shape index (κ3) is 5.79. The summed E-state index contributed by atoms with van der Waals surface area (Å²) in [6.07, 6.45) is 6.21. The van der Waals surface area contributed by atoms with Crippen molar-refractivity contribution in [3.05, 3.63) is 42.0 Å². The van der Waals surface area contributed by atoms with Gasteiger partial charge in [-0.2, -0.15) is 5.10 Å². The second kappa shape index (κ2) is 9.68. The van der Waals surface area contributed by atoms with Crippen LogP contribution in [0.3, 0.4) is 0 Å². The number of piperidine rings is 1. The van der Waals surface area contributed by atoms with E-state index in [9.17, 15) is 4.79 Å². The number of likely N-dealkylation sites (tertiary alicyclic amines) is 1. The molecule has 0 aliphatic carbocycles. The van der Waals surface area contributed by atoms with E-state index in [1.54, 1.807) is 4.68 Å². The summed E-state index contributed by atoms with van der Waals surface area (Å²) >= 11 is 0. The number of urea groups is 1. The number of carbonyl (C=O) groups is 1. The number of aromatic nitrogens is 3. The molecule has 2 N–H and O–H groups in total. The summed E-state index contributed by atoms with van der Waals surface area (Å²) in [6, 6.07) is 7.72. The fraction of sp³-hybridized carbons (Fsp3) is 0.571. The van der Waals surface area contributed by atoms with Gasteiger partial charge in [0.1, 0.15) is 12.2 Å². The second-order valence-electron chi connectivity index (χ2n) is 8.06. The average molecular weight is 385 g/mol. The third-order valence-corrected chi connectivity index (χ3v) is 5.11. The molecule has 1 aliphatic rings. The zero-order valence-electron chi connectivity index (χ0n) is 17.2. The van der Waals surface area contributed by atoms with Gasteiger partial charge < -0.3 is 10.6 Å². The van der Waals surface area contributed by atoms with Crippen LogP contribution in [-0.4, -0.2) is 38.8 Å². The van der Waals surface area contributed by atoms with Gasteiger partial charge in [0.15, 0.2) is 0 Å². The van der Waals surface area contributed by atoms with E-state index in [1.165, 1.54) is 31.2 Å². The first kappa shape index (κ1) is 20.3. The van der Waals surface area contributed by atoms with Crippen molar-refractivity contribution >= 4 is 11.7 Å². The normalized spacial score (nSPS) is 16.1. The summed E-state index contributed by atoms with van der Waals surface area (Å²) in [5.41, 5.74) is 2.04. The molecule has 1 aromatic heterocycles. The van der Waals surface area contributed by atoms with Gasteiger partial charge in [0, 0.05) is 19.3 Å². The van der Waals surface area contributed by atoms with E-state index in [2.05, 4.69) is 51.6 Å². The zero-order chi connectivity index (χ0) is 19.9. The van der Waals surface area contributed by atoms with Crippen molar-refractivity contribution in [2.75, 3.05) is 18.4 Å². The Labute approximate surface area is 167 Å². The summed E-state index contributed by atoms with van der Waals surface area (Å²) in [4.78, 5) is 19.4. The maximum absolute atomic E-state index is 12.6. The Bertz CT molecular complexity index is 766. The number of nitrogens with zero attached hydrogens (tertiary/aromatic N) is 4. The molecule has 152 valence electrons. The molecule has 0 radical (unpaired) electrons. The zero-order valence-corrected chi connectivity index (χ0v) is 17.2. The molecular weight excluding hydrogens is 352 g/mol. The highest BCUT2D eigenvalue weighted by atomic mass is 16.2. The van der Waals surface area contributed by atoms with Gasteiger partial charge in [-0.25, -0.2) is 9.78 Å². The van der Waals surface area contributed by atoms with Gasteiger partial charge >= 0.3 is 6.03 Å². The molecule has 0 bridgehead atoms. The van der Waals surface area contributed by atoms with E-state index in [0.29, 0.717) is 5.92 Å². The van der Waals surface area contributed by atoms with Gasteiger partial charge in [-0.15, -0.1) is 0 Å². The Morgan fingerprint density at radius 2 is 2.00 bits per heavy atom. The first-order valence-electron chi connectivity index (χ1n) is 10.2. The molecular formula is C21H32N6O. The molecule has 0 saturated carbocycles. The van der Waals surface area contributed by atoms with Crippen molar-refractivity contribution in [3.8, 4) is 0 Å². The second-order valence-corrected chi connectivity index (χ2v) is 8.06. The van der Waals surface area contributed by atoms with Crippen molar-refractivity contribution in [1.29, 1.82) is 0 Å². The summed E-state index contributed by atoms with van der Waals surface area (Å²) in [7, 11) is 1.85. The molecule has 2 aromatic rings. The first-order chi connectivity index (χ1) is 13.5. The van der Waals surface area contributed by atoms with Crippen LogP contribution in [0.15, 0.2) is 30.6 Å². The minimum absolute atomic E-state index is 0.177. The highest BCUT2D eigenvalue weighted by Crippen LogP contribution is 2.20. The molecule has 1 fully saturated rings. The number of hydrogen-bond donors (Lipinski definition) is 2. The maximum Gasteiger partial charge on any atom is 0.319 e. The lowest BCUT2D eigenvalue weighted by atomic mass is 10.0. The van der Waals surface area contributed by atoms with E-state index < -0.39 is 0 Å². The summed E-state index contributed by atoms with van der Waals surface area (Å²) < 4.78 is 1.71. The predicted molar refractivity (Wildman–Crippen MR) is 111 cm³/mol. The van der Waals surface area contributed by atoms with Crippen LogP contribution in [0.2, 0.25) is 0 Å². The van der Waals surface area contributed by atoms with Gasteiger partial charge in [-0.3, -0.25) is 9.58 Å². The van der Waals surface area contributed by atoms with E-state index >= 15 is 0 Å². The lowest BCUT2D eigenvalue weighted by Gasteiger charge is -2.26. The van der Waals surface area contributed by atoms with Crippen molar-refractivity contribution in [1.82, 2.24) is 25.0 Å². The molecule has 0 unspecified atom stereocenters. The lowest BCUT2D eigenvalue weighted by Crippen LogP contribution is -2.34. The van der Waals surface area contributed by atoms with Crippen LogP contribution in [0.4, 0.5) is 10.5 Å². The van der Waals surface area contributed by atoms with Crippen LogP contribution in [-0.2, 0) is 13.6 Å². The standard InChI is InChI=1S/C21H32N6O/c1-16(2)12-19(20-22-15-23-26(20)3)25-21(28)24-18-9-7-8-17(13-18)14-27-10-5-4-6-11-27/h7-9,13,15-16,19H,4-6,10-12,14H2,1-3H3,(H2,24,25,28)/t19-/m0/s1. The molecule has 1 atom stereocenters. The van der Waals surface area contributed by atoms with Gasteiger partial charge in [-0.05, 0) is 56.0 Å². The molecule has 28 heavy (non-hydrogen) atoms. The van der Waals surface area contributed by atoms with Crippen LogP contribution >= 0.6 is 0 Å². The lowest BCUT2D eigenvalue weighted by molar-refractivity contribution is 0.221. The monoisotopic (exact) mass is 384 g/mol. The minimum atomic E-state index is -0.219. The molecule has 3 rings (SSSR count). The van der Waals surface area contributed by atoms with Crippen molar-refractivity contribution in [3.63, 3.8) is 0 Å². The highest BCUT2D eigenvalue weighted by Gasteiger charge is 2.20. The van der Waals surface area contributed by atoms with Crippen LogP contribution < -0.4 is 10.6 Å². The molecule has 7 heteroatoms. The number of nitrogens with one attached hydrogen (secondary N) is 2. The van der Waals surface area contributed by atoms with Gasteiger partial charge in [0.25, 0.3) is 0 Å².